The average molecular weight is 340 g/mol. The van der Waals surface area contributed by atoms with Gasteiger partial charge in [-0.15, -0.1) is 0 Å². The largest absolute Gasteiger partial charge is 0.371 e. The minimum absolute atomic E-state index is 0.118. The number of aryl methyl sites for hydroxylation is 1. The minimum atomic E-state index is -0.468. The third-order valence-electron chi connectivity index (χ3n) is 4.77. The summed E-state index contributed by atoms with van der Waals surface area (Å²) in [5.74, 6) is -0.405. The molecule has 2 heterocycles. The standard InChI is InChI=1S/C19H24N4O2/c1-13-14(2)21-22-19(25)17(13)18(24)20-15-8-7-9-16(12-15)23-10-5-3-4-6-11-23/h7-9,12H,3-6,10-11H2,1-2H3,(H,20,24)(H,22,25). The van der Waals surface area contributed by atoms with E-state index in [1.165, 1.54) is 25.7 Å². The summed E-state index contributed by atoms with van der Waals surface area (Å²) in [6.07, 6.45) is 4.94. The summed E-state index contributed by atoms with van der Waals surface area (Å²) in [7, 11) is 0. The lowest BCUT2D eigenvalue weighted by Gasteiger charge is -2.23. The van der Waals surface area contributed by atoms with Crippen molar-refractivity contribution in [3.8, 4) is 0 Å². The number of benzene rings is 1. The van der Waals surface area contributed by atoms with Crippen LogP contribution in [0.15, 0.2) is 29.1 Å². The maximum atomic E-state index is 12.6. The summed E-state index contributed by atoms with van der Waals surface area (Å²) >= 11 is 0. The van der Waals surface area contributed by atoms with E-state index in [1.807, 2.05) is 18.2 Å². The molecule has 0 unspecified atom stereocenters. The van der Waals surface area contributed by atoms with Crippen LogP contribution in [0.25, 0.3) is 0 Å². The number of aromatic amines is 1. The third-order valence-corrected chi connectivity index (χ3v) is 4.77. The predicted molar refractivity (Wildman–Crippen MR) is 99.4 cm³/mol. The molecular weight excluding hydrogens is 316 g/mol. The first kappa shape index (κ1) is 17.2. The molecule has 0 atom stereocenters. The van der Waals surface area contributed by atoms with E-state index < -0.39 is 11.5 Å². The Hall–Kier alpha value is -2.63. The van der Waals surface area contributed by atoms with Crippen LogP contribution in [-0.2, 0) is 0 Å². The monoisotopic (exact) mass is 340 g/mol. The van der Waals surface area contributed by atoms with Gasteiger partial charge >= 0.3 is 0 Å². The quantitative estimate of drug-likeness (QED) is 0.900. The summed E-state index contributed by atoms with van der Waals surface area (Å²) in [5.41, 5.74) is 2.70. The second kappa shape index (κ2) is 7.51. The van der Waals surface area contributed by atoms with Gasteiger partial charge in [-0.3, -0.25) is 9.59 Å². The predicted octanol–water partition coefficient (Wildman–Crippen LogP) is 3.02. The average Bonchev–Trinajstić information content (AvgIpc) is 2.88. The number of hydrogen-bond donors (Lipinski definition) is 2. The second-order valence-electron chi connectivity index (χ2n) is 6.54. The first-order valence-electron chi connectivity index (χ1n) is 8.78. The number of aromatic nitrogens is 2. The number of H-pyrrole nitrogens is 1. The smallest absolute Gasteiger partial charge is 0.277 e. The maximum absolute atomic E-state index is 12.6. The van der Waals surface area contributed by atoms with Crippen LogP contribution in [-0.4, -0.2) is 29.2 Å². The van der Waals surface area contributed by atoms with Crippen molar-refractivity contribution >= 4 is 17.3 Å². The van der Waals surface area contributed by atoms with Crippen molar-refractivity contribution < 1.29 is 4.79 Å². The number of amides is 1. The fourth-order valence-corrected chi connectivity index (χ4v) is 3.20. The number of nitrogens with one attached hydrogen (secondary N) is 2. The van der Waals surface area contributed by atoms with E-state index in [0.717, 1.165) is 18.8 Å². The molecule has 3 rings (SSSR count). The molecule has 0 radical (unpaired) electrons. The molecule has 2 N–H and O–H groups in total. The highest BCUT2D eigenvalue weighted by atomic mass is 16.2. The van der Waals surface area contributed by atoms with E-state index >= 15 is 0 Å². The molecule has 6 nitrogen and oxygen atoms in total. The van der Waals surface area contributed by atoms with Gasteiger partial charge in [-0.1, -0.05) is 18.9 Å². The summed E-state index contributed by atoms with van der Waals surface area (Å²) in [6, 6.07) is 7.82. The lowest BCUT2D eigenvalue weighted by Crippen LogP contribution is -2.27. The zero-order valence-electron chi connectivity index (χ0n) is 14.8. The van der Waals surface area contributed by atoms with Crippen LogP contribution in [0.4, 0.5) is 11.4 Å². The molecule has 1 aliphatic heterocycles. The summed E-state index contributed by atoms with van der Waals surface area (Å²) in [5, 5.41) is 9.11. The van der Waals surface area contributed by atoms with Crippen molar-refractivity contribution in [3.05, 3.63) is 51.4 Å². The molecule has 1 aromatic carbocycles. The molecule has 1 amide bonds. The molecule has 25 heavy (non-hydrogen) atoms. The van der Waals surface area contributed by atoms with Gasteiger partial charge in [0.25, 0.3) is 11.5 Å². The highest BCUT2D eigenvalue weighted by Crippen LogP contribution is 2.23. The third kappa shape index (κ3) is 3.90. The van der Waals surface area contributed by atoms with Gasteiger partial charge in [-0.2, -0.15) is 5.10 Å². The zero-order valence-corrected chi connectivity index (χ0v) is 14.8. The van der Waals surface area contributed by atoms with Crippen molar-refractivity contribution in [1.29, 1.82) is 0 Å². The lowest BCUT2D eigenvalue weighted by atomic mass is 10.1. The molecule has 1 fully saturated rings. The molecule has 6 heteroatoms. The SMILES string of the molecule is Cc1n[nH]c(=O)c(C(=O)Nc2cccc(N3CCCCCC3)c2)c1C. The first-order chi connectivity index (χ1) is 12.1. The Labute approximate surface area is 147 Å². The molecule has 1 aliphatic rings. The van der Waals surface area contributed by atoms with Gasteiger partial charge in [0.15, 0.2) is 0 Å². The normalized spacial score (nSPS) is 14.9. The molecule has 2 aromatic rings. The number of hydrogen-bond acceptors (Lipinski definition) is 4. The van der Waals surface area contributed by atoms with Crippen LogP contribution in [0.5, 0.6) is 0 Å². The van der Waals surface area contributed by atoms with E-state index in [1.54, 1.807) is 13.8 Å². The van der Waals surface area contributed by atoms with Crippen molar-refractivity contribution in [2.45, 2.75) is 39.5 Å². The second-order valence-corrected chi connectivity index (χ2v) is 6.54. The molecule has 0 bridgehead atoms. The fourth-order valence-electron chi connectivity index (χ4n) is 3.20. The van der Waals surface area contributed by atoms with Crippen LogP contribution >= 0.6 is 0 Å². The van der Waals surface area contributed by atoms with Crippen molar-refractivity contribution in [2.24, 2.45) is 0 Å². The van der Waals surface area contributed by atoms with Gasteiger partial charge in [0.05, 0.1) is 5.69 Å². The number of carbonyl (C=O) groups is 1. The van der Waals surface area contributed by atoms with Crippen molar-refractivity contribution in [2.75, 3.05) is 23.3 Å². The molecule has 0 aliphatic carbocycles. The Balaban J connectivity index is 1.82. The molecule has 1 saturated heterocycles. The summed E-state index contributed by atoms with van der Waals surface area (Å²) in [6.45, 7) is 5.58. The fraction of sp³-hybridized carbons (Fsp3) is 0.421. The van der Waals surface area contributed by atoms with Crippen molar-refractivity contribution in [1.82, 2.24) is 10.2 Å². The Morgan fingerprint density at radius 2 is 1.88 bits per heavy atom. The van der Waals surface area contributed by atoms with Crippen LogP contribution in [0.2, 0.25) is 0 Å². The molecule has 0 saturated carbocycles. The minimum Gasteiger partial charge on any atom is -0.371 e. The zero-order chi connectivity index (χ0) is 17.8. The number of rotatable bonds is 3. The molecule has 132 valence electrons. The van der Waals surface area contributed by atoms with Crippen LogP contribution in [0, 0.1) is 13.8 Å². The Morgan fingerprint density at radius 3 is 2.60 bits per heavy atom. The van der Waals surface area contributed by atoms with Gasteiger partial charge < -0.3 is 10.2 Å². The summed E-state index contributed by atoms with van der Waals surface area (Å²) < 4.78 is 0. The van der Waals surface area contributed by atoms with Gasteiger partial charge in [0.2, 0.25) is 0 Å². The Kier molecular flexibility index (Phi) is 5.16. The highest BCUT2D eigenvalue weighted by molar-refractivity contribution is 6.05. The van der Waals surface area contributed by atoms with E-state index in [9.17, 15) is 9.59 Å². The van der Waals surface area contributed by atoms with E-state index in [4.69, 9.17) is 0 Å². The molecule has 0 spiro atoms. The van der Waals surface area contributed by atoms with Crippen molar-refractivity contribution in [3.63, 3.8) is 0 Å². The number of carbonyl (C=O) groups excluding carboxylic acids is 1. The van der Waals surface area contributed by atoms with Crippen LogP contribution in [0.3, 0.4) is 0 Å². The lowest BCUT2D eigenvalue weighted by molar-refractivity contribution is 0.102. The van der Waals surface area contributed by atoms with E-state index in [0.29, 0.717) is 16.9 Å². The van der Waals surface area contributed by atoms with E-state index in [-0.39, 0.29) is 5.56 Å². The van der Waals surface area contributed by atoms with Gasteiger partial charge in [0, 0.05) is 24.5 Å². The first-order valence-corrected chi connectivity index (χ1v) is 8.78. The van der Waals surface area contributed by atoms with Crippen LogP contribution < -0.4 is 15.8 Å². The van der Waals surface area contributed by atoms with Gasteiger partial charge in [-0.05, 0) is 50.5 Å². The highest BCUT2D eigenvalue weighted by Gasteiger charge is 2.17. The molecule has 1 aromatic heterocycles. The maximum Gasteiger partial charge on any atom is 0.277 e. The van der Waals surface area contributed by atoms with Gasteiger partial charge in [-0.25, -0.2) is 5.10 Å². The summed E-state index contributed by atoms with van der Waals surface area (Å²) in [4.78, 5) is 26.9. The van der Waals surface area contributed by atoms with Crippen LogP contribution in [0.1, 0.15) is 47.3 Å². The Morgan fingerprint density at radius 1 is 1.16 bits per heavy atom. The molecular formula is C19H24N4O2. The number of anilines is 2. The van der Waals surface area contributed by atoms with Gasteiger partial charge in [0.1, 0.15) is 5.56 Å². The Bertz CT molecular complexity index is 820. The topological polar surface area (TPSA) is 78.1 Å². The number of nitrogens with zero attached hydrogens (tertiary/aromatic N) is 2. The van der Waals surface area contributed by atoms with E-state index in [2.05, 4.69) is 26.5 Å².